The van der Waals surface area contributed by atoms with E-state index in [2.05, 4.69) is 77.7 Å². The summed E-state index contributed by atoms with van der Waals surface area (Å²) in [7, 11) is 0. The van der Waals surface area contributed by atoms with Crippen molar-refractivity contribution in [1.29, 1.82) is 0 Å². The second-order valence-electron chi connectivity index (χ2n) is 9.13. The van der Waals surface area contributed by atoms with Gasteiger partial charge in [-0.1, -0.05) is 97.1 Å². The number of hydrogen-bond acceptors (Lipinski definition) is 3. The zero-order valence-electron chi connectivity index (χ0n) is 21.7. The van der Waals surface area contributed by atoms with Crippen molar-refractivity contribution < 1.29 is 33.0 Å². The van der Waals surface area contributed by atoms with Crippen LogP contribution in [0.15, 0.2) is 109 Å². The Labute approximate surface area is 231 Å². The Morgan fingerprint density at radius 1 is 0.700 bits per heavy atom. The van der Waals surface area contributed by atoms with E-state index in [4.69, 9.17) is 9.90 Å². The van der Waals surface area contributed by atoms with Crippen molar-refractivity contribution in [2.75, 3.05) is 6.54 Å². The lowest BCUT2D eigenvalue weighted by Crippen LogP contribution is -2.24. The molecule has 8 heteroatoms. The molecule has 0 bridgehead atoms. The number of carboxylic acid groups (broad SMARTS) is 2. The number of aliphatic carboxylic acids is 1. The van der Waals surface area contributed by atoms with Crippen molar-refractivity contribution in [2.24, 2.45) is 0 Å². The molecule has 4 aromatic rings. The van der Waals surface area contributed by atoms with Gasteiger partial charge in [-0.2, -0.15) is 13.2 Å². The number of carboxylic acids is 2. The van der Waals surface area contributed by atoms with Crippen LogP contribution in [0, 0.1) is 0 Å². The Kier molecular flexibility index (Phi) is 11.0. The fourth-order valence-corrected chi connectivity index (χ4v) is 4.21. The number of carbonyl (C=O) groups is 2. The fourth-order valence-electron chi connectivity index (χ4n) is 4.21. The van der Waals surface area contributed by atoms with Crippen LogP contribution >= 0.6 is 0 Å². The first-order chi connectivity index (χ1) is 19.1. The SMILES string of the molecule is O=C(O)C(F)(F)F.O=C(O)c1cccc(-c2ccccc2CN(CCCc2ccccc2)Cc2ccccc2)c1. The van der Waals surface area contributed by atoms with Gasteiger partial charge in [0.25, 0.3) is 0 Å². The van der Waals surface area contributed by atoms with Gasteiger partial charge in [0, 0.05) is 13.1 Å². The van der Waals surface area contributed by atoms with E-state index in [1.807, 2.05) is 24.3 Å². The lowest BCUT2D eigenvalue weighted by molar-refractivity contribution is -0.192. The maximum atomic E-state index is 11.5. The third kappa shape index (κ3) is 9.71. The molecule has 0 aliphatic rings. The number of rotatable bonds is 10. The predicted octanol–water partition coefficient (Wildman–Crippen LogP) is 7.32. The number of aryl methyl sites for hydroxylation is 1. The van der Waals surface area contributed by atoms with E-state index in [-0.39, 0.29) is 0 Å². The maximum absolute atomic E-state index is 11.5. The van der Waals surface area contributed by atoms with Crippen LogP contribution in [0.2, 0.25) is 0 Å². The number of alkyl halides is 3. The summed E-state index contributed by atoms with van der Waals surface area (Å²) in [5.74, 6) is -3.66. The molecule has 0 saturated heterocycles. The summed E-state index contributed by atoms with van der Waals surface area (Å²) < 4.78 is 31.7. The van der Waals surface area contributed by atoms with E-state index in [1.165, 1.54) is 16.7 Å². The Morgan fingerprint density at radius 2 is 1.27 bits per heavy atom. The van der Waals surface area contributed by atoms with Crippen LogP contribution in [0.4, 0.5) is 13.2 Å². The van der Waals surface area contributed by atoms with Crippen molar-refractivity contribution in [3.63, 3.8) is 0 Å². The van der Waals surface area contributed by atoms with Crippen LogP contribution < -0.4 is 0 Å². The molecule has 4 aromatic carbocycles. The topological polar surface area (TPSA) is 77.8 Å². The first-order valence-corrected chi connectivity index (χ1v) is 12.7. The number of benzene rings is 4. The van der Waals surface area contributed by atoms with Crippen molar-refractivity contribution in [3.8, 4) is 11.1 Å². The predicted molar refractivity (Wildman–Crippen MR) is 148 cm³/mol. The van der Waals surface area contributed by atoms with Crippen molar-refractivity contribution in [2.45, 2.75) is 32.1 Å². The minimum Gasteiger partial charge on any atom is -0.478 e. The Balaban J connectivity index is 0.000000559. The normalized spacial score (nSPS) is 11.0. The van der Waals surface area contributed by atoms with Crippen LogP contribution in [-0.2, 0) is 24.3 Å². The van der Waals surface area contributed by atoms with Crippen molar-refractivity contribution in [1.82, 2.24) is 4.90 Å². The second kappa shape index (κ2) is 14.6. The molecule has 0 heterocycles. The minimum absolute atomic E-state index is 0.311. The van der Waals surface area contributed by atoms with Crippen LogP contribution in [0.1, 0.15) is 33.5 Å². The number of hydrogen-bond donors (Lipinski definition) is 2. The molecule has 0 fully saturated rings. The molecule has 0 aliphatic carbocycles. The van der Waals surface area contributed by atoms with Gasteiger partial charge in [-0.15, -0.1) is 0 Å². The van der Waals surface area contributed by atoms with Gasteiger partial charge in [-0.05, 0) is 59.3 Å². The molecule has 5 nitrogen and oxygen atoms in total. The van der Waals surface area contributed by atoms with Gasteiger partial charge < -0.3 is 10.2 Å². The molecule has 0 amide bonds. The summed E-state index contributed by atoms with van der Waals surface area (Å²) in [6.07, 6.45) is -2.96. The molecule has 0 atom stereocenters. The van der Waals surface area contributed by atoms with Crippen LogP contribution in [0.5, 0.6) is 0 Å². The van der Waals surface area contributed by atoms with E-state index in [1.54, 1.807) is 12.1 Å². The Morgan fingerprint density at radius 3 is 1.88 bits per heavy atom. The number of nitrogens with zero attached hydrogens (tertiary/aromatic N) is 1. The van der Waals surface area contributed by atoms with Gasteiger partial charge in [0.05, 0.1) is 5.56 Å². The quantitative estimate of drug-likeness (QED) is 0.217. The summed E-state index contributed by atoms with van der Waals surface area (Å²) in [6.45, 7) is 2.66. The molecule has 40 heavy (non-hydrogen) atoms. The van der Waals surface area contributed by atoms with E-state index in [0.29, 0.717) is 5.56 Å². The highest BCUT2D eigenvalue weighted by Crippen LogP contribution is 2.26. The summed E-state index contributed by atoms with van der Waals surface area (Å²) in [6, 6.07) is 36.7. The maximum Gasteiger partial charge on any atom is 0.490 e. The number of aromatic carboxylic acids is 1. The van der Waals surface area contributed by atoms with E-state index in [9.17, 15) is 23.1 Å². The van der Waals surface area contributed by atoms with Gasteiger partial charge in [0.1, 0.15) is 0 Å². The van der Waals surface area contributed by atoms with Gasteiger partial charge in [-0.3, -0.25) is 4.90 Å². The molecular weight excluding hydrogens is 519 g/mol. The third-order valence-corrected chi connectivity index (χ3v) is 6.11. The number of halogens is 3. The Hall–Kier alpha value is -4.43. The van der Waals surface area contributed by atoms with Gasteiger partial charge in [-0.25, -0.2) is 9.59 Å². The van der Waals surface area contributed by atoms with E-state index >= 15 is 0 Å². The molecule has 0 radical (unpaired) electrons. The first-order valence-electron chi connectivity index (χ1n) is 12.7. The molecule has 0 aliphatic heterocycles. The second-order valence-corrected chi connectivity index (χ2v) is 9.13. The summed E-state index contributed by atoms with van der Waals surface area (Å²) in [4.78, 5) is 22.9. The van der Waals surface area contributed by atoms with Gasteiger partial charge in [0.2, 0.25) is 0 Å². The molecular formula is C32H30F3NO4. The van der Waals surface area contributed by atoms with E-state index in [0.717, 1.165) is 43.6 Å². The van der Waals surface area contributed by atoms with Crippen LogP contribution in [0.3, 0.4) is 0 Å². The average Bonchev–Trinajstić information content (AvgIpc) is 2.94. The fraction of sp³-hybridized carbons (Fsp3) is 0.188. The van der Waals surface area contributed by atoms with Crippen LogP contribution in [0.25, 0.3) is 11.1 Å². The summed E-state index contributed by atoms with van der Waals surface area (Å²) >= 11 is 0. The molecule has 0 aromatic heterocycles. The Bertz CT molecular complexity index is 1380. The van der Waals surface area contributed by atoms with Gasteiger partial charge >= 0.3 is 18.1 Å². The zero-order chi connectivity index (χ0) is 29.0. The highest BCUT2D eigenvalue weighted by molar-refractivity contribution is 5.89. The smallest absolute Gasteiger partial charge is 0.478 e. The molecule has 0 saturated carbocycles. The summed E-state index contributed by atoms with van der Waals surface area (Å²) in [5, 5.41) is 16.5. The molecule has 2 N–H and O–H groups in total. The van der Waals surface area contributed by atoms with Crippen molar-refractivity contribution >= 4 is 11.9 Å². The first kappa shape index (κ1) is 30.1. The highest BCUT2D eigenvalue weighted by Gasteiger charge is 2.38. The average molecular weight is 550 g/mol. The van der Waals surface area contributed by atoms with E-state index < -0.39 is 18.1 Å². The molecule has 0 spiro atoms. The molecule has 208 valence electrons. The highest BCUT2D eigenvalue weighted by atomic mass is 19.4. The zero-order valence-corrected chi connectivity index (χ0v) is 21.7. The molecule has 4 rings (SSSR count). The lowest BCUT2D eigenvalue weighted by Gasteiger charge is -2.24. The largest absolute Gasteiger partial charge is 0.490 e. The molecule has 0 unspecified atom stereocenters. The minimum atomic E-state index is -5.08. The third-order valence-electron chi connectivity index (χ3n) is 6.11. The standard InChI is InChI=1S/C30H29NO2.C2HF3O2/c32-30(33)27-18-9-17-26(21-27)29-19-8-7-16-28(29)23-31(22-25-13-5-2-6-14-25)20-10-15-24-11-3-1-4-12-24;3-2(4,5)1(6)7/h1-9,11-14,16-19,21H,10,15,20,22-23H2,(H,32,33);(H,6,7). The van der Waals surface area contributed by atoms with Crippen molar-refractivity contribution in [3.05, 3.63) is 131 Å². The van der Waals surface area contributed by atoms with Gasteiger partial charge in [0.15, 0.2) is 0 Å². The van der Waals surface area contributed by atoms with Crippen LogP contribution in [-0.4, -0.2) is 39.8 Å². The lowest BCUT2D eigenvalue weighted by atomic mass is 9.97. The monoisotopic (exact) mass is 549 g/mol. The summed E-state index contributed by atoms with van der Waals surface area (Å²) in [5.41, 5.74) is 6.20.